The molecule has 1 aromatic heterocycles. The van der Waals surface area contributed by atoms with E-state index in [4.69, 9.17) is 4.74 Å². The van der Waals surface area contributed by atoms with Crippen LogP contribution in [0.2, 0.25) is 0 Å². The Morgan fingerprint density at radius 1 is 1.20 bits per heavy atom. The van der Waals surface area contributed by atoms with Gasteiger partial charge in [0.2, 0.25) is 5.54 Å². The lowest BCUT2D eigenvalue weighted by molar-refractivity contribution is -0.122. The quantitative estimate of drug-likeness (QED) is 0.302. The van der Waals surface area contributed by atoms with Crippen molar-refractivity contribution in [2.75, 3.05) is 20.2 Å². The lowest BCUT2D eigenvalue weighted by Crippen LogP contribution is -2.54. The molecule has 1 saturated heterocycles. The number of benzene rings is 2. The number of hydrogen-bond acceptors (Lipinski definition) is 5. The predicted octanol–water partition coefficient (Wildman–Crippen LogP) is 2.20. The first kappa shape index (κ1) is 22.2. The van der Waals surface area contributed by atoms with E-state index in [0.29, 0.717) is 30.0 Å². The zero-order valence-electron chi connectivity index (χ0n) is 19.3. The first-order valence-electron chi connectivity index (χ1n) is 11.2. The van der Waals surface area contributed by atoms with Gasteiger partial charge in [-0.25, -0.2) is 4.79 Å². The van der Waals surface area contributed by atoms with Crippen molar-refractivity contribution in [1.82, 2.24) is 20.5 Å². The summed E-state index contributed by atoms with van der Waals surface area (Å²) in [4.78, 5) is 46.9. The van der Waals surface area contributed by atoms with Gasteiger partial charge in [0.15, 0.2) is 0 Å². The van der Waals surface area contributed by atoms with E-state index in [2.05, 4.69) is 32.5 Å². The molecule has 5 rings (SSSR count). The molecule has 0 saturated carbocycles. The van der Waals surface area contributed by atoms with E-state index in [1.807, 2.05) is 43.6 Å². The highest BCUT2D eigenvalue weighted by Crippen LogP contribution is 2.28. The summed E-state index contributed by atoms with van der Waals surface area (Å²) in [6, 6.07) is 10.3. The van der Waals surface area contributed by atoms with Gasteiger partial charge in [-0.2, -0.15) is 0 Å². The monoisotopic (exact) mass is 469 g/mol. The molecule has 35 heavy (non-hydrogen) atoms. The summed E-state index contributed by atoms with van der Waals surface area (Å²) in [7, 11) is 1.53. The second kappa shape index (κ2) is 8.65. The molecule has 3 heterocycles. The Kier molecular flexibility index (Phi) is 5.49. The number of ether oxygens (including phenoxy) is 1. The van der Waals surface area contributed by atoms with Crippen LogP contribution in [0.15, 0.2) is 47.6 Å². The molecule has 1 fully saturated rings. The van der Waals surface area contributed by atoms with Gasteiger partial charge in [-0.1, -0.05) is 24.0 Å². The third-order valence-electron chi connectivity index (χ3n) is 6.11. The van der Waals surface area contributed by atoms with Crippen LogP contribution in [0, 0.1) is 11.8 Å². The largest absolute Gasteiger partial charge is 0.497 e. The molecule has 176 valence electrons. The summed E-state index contributed by atoms with van der Waals surface area (Å²) < 4.78 is 5.22. The van der Waals surface area contributed by atoms with Crippen LogP contribution in [0.5, 0.6) is 5.75 Å². The average Bonchev–Trinajstić information content (AvgIpc) is 3.49. The molecule has 0 spiro atoms. The van der Waals surface area contributed by atoms with Gasteiger partial charge in [0.05, 0.1) is 13.7 Å². The highest BCUT2D eigenvalue weighted by molar-refractivity contribution is 6.10. The molecular formula is C26H23N5O4. The Labute approximate surface area is 201 Å². The molecule has 2 aromatic carbocycles. The fourth-order valence-electron chi connectivity index (χ4n) is 4.31. The predicted molar refractivity (Wildman–Crippen MR) is 130 cm³/mol. The Morgan fingerprint density at radius 3 is 2.80 bits per heavy atom. The molecule has 0 unspecified atom stereocenters. The van der Waals surface area contributed by atoms with E-state index in [1.165, 1.54) is 12.0 Å². The van der Waals surface area contributed by atoms with Gasteiger partial charge in [0.25, 0.3) is 11.8 Å². The van der Waals surface area contributed by atoms with E-state index in [9.17, 15) is 14.4 Å². The maximum absolute atomic E-state index is 13.0. The number of carbonyl (C=O) groups is 3. The minimum Gasteiger partial charge on any atom is -0.497 e. The highest BCUT2D eigenvalue weighted by atomic mass is 16.5. The lowest BCUT2D eigenvalue weighted by atomic mass is 9.99. The second-order valence-electron chi connectivity index (χ2n) is 8.38. The van der Waals surface area contributed by atoms with Gasteiger partial charge in [0.1, 0.15) is 5.75 Å². The van der Waals surface area contributed by atoms with Crippen molar-refractivity contribution in [1.29, 1.82) is 0 Å². The molecule has 1 atom stereocenters. The number of hydrogen-bond donors (Lipinski definition) is 3. The summed E-state index contributed by atoms with van der Waals surface area (Å²) in [5.74, 6) is 5.69. The van der Waals surface area contributed by atoms with Crippen molar-refractivity contribution < 1.29 is 19.1 Å². The van der Waals surface area contributed by atoms with Crippen LogP contribution in [-0.4, -0.2) is 59.7 Å². The van der Waals surface area contributed by atoms with Crippen molar-refractivity contribution in [3.63, 3.8) is 0 Å². The van der Waals surface area contributed by atoms with Crippen LogP contribution in [-0.2, 0) is 11.3 Å². The maximum Gasteiger partial charge on any atom is 0.323 e. The first-order valence-corrected chi connectivity index (χ1v) is 11.2. The number of fused-ring (bicyclic) bond motifs is 2. The minimum atomic E-state index is -1.57. The van der Waals surface area contributed by atoms with Gasteiger partial charge < -0.3 is 19.9 Å². The van der Waals surface area contributed by atoms with Gasteiger partial charge in [-0.05, 0) is 36.8 Å². The van der Waals surface area contributed by atoms with Crippen LogP contribution < -0.4 is 15.4 Å². The number of rotatable bonds is 5. The van der Waals surface area contributed by atoms with Crippen molar-refractivity contribution in [2.24, 2.45) is 4.99 Å². The smallest absolute Gasteiger partial charge is 0.323 e. The zero-order valence-corrected chi connectivity index (χ0v) is 19.3. The lowest BCUT2D eigenvalue weighted by Gasteiger charge is -2.26. The Morgan fingerprint density at radius 2 is 2.06 bits per heavy atom. The molecule has 0 bridgehead atoms. The second-order valence-corrected chi connectivity index (χ2v) is 8.38. The molecule has 3 aromatic rings. The Bertz CT molecular complexity index is 1460. The molecule has 4 amide bonds. The van der Waals surface area contributed by atoms with Gasteiger partial charge in [0, 0.05) is 53.1 Å². The molecule has 9 heteroatoms. The van der Waals surface area contributed by atoms with E-state index in [0.717, 1.165) is 22.0 Å². The third kappa shape index (κ3) is 3.99. The number of amides is 4. The van der Waals surface area contributed by atoms with Crippen LogP contribution in [0.25, 0.3) is 10.9 Å². The third-order valence-corrected chi connectivity index (χ3v) is 6.11. The van der Waals surface area contributed by atoms with Crippen molar-refractivity contribution in [3.05, 3.63) is 64.8 Å². The number of methoxy groups -OCH3 is 1. The topological polar surface area (TPSA) is 116 Å². The molecule has 0 aliphatic carbocycles. The fraction of sp³-hybridized carbons (Fsp3) is 0.231. The Balaban J connectivity index is 1.45. The zero-order chi connectivity index (χ0) is 24.6. The summed E-state index contributed by atoms with van der Waals surface area (Å²) in [6.45, 7) is 2.89. The molecule has 0 radical (unpaired) electrons. The number of aromatic amines is 1. The number of nitrogens with one attached hydrogen (secondary N) is 3. The van der Waals surface area contributed by atoms with E-state index < -0.39 is 17.5 Å². The summed E-state index contributed by atoms with van der Waals surface area (Å²) in [6.07, 6.45) is 3.69. The van der Waals surface area contributed by atoms with Crippen LogP contribution in [0.1, 0.15) is 34.0 Å². The normalized spacial score (nSPS) is 19.0. The van der Waals surface area contributed by atoms with E-state index >= 15 is 0 Å². The molecule has 9 nitrogen and oxygen atoms in total. The van der Waals surface area contributed by atoms with Crippen molar-refractivity contribution in [2.45, 2.75) is 19.0 Å². The van der Waals surface area contributed by atoms with Gasteiger partial charge >= 0.3 is 6.03 Å². The summed E-state index contributed by atoms with van der Waals surface area (Å²) >= 11 is 0. The van der Waals surface area contributed by atoms with Crippen molar-refractivity contribution in [3.8, 4) is 17.6 Å². The van der Waals surface area contributed by atoms with Gasteiger partial charge in [-0.3, -0.25) is 19.9 Å². The van der Waals surface area contributed by atoms with Crippen LogP contribution in [0.4, 0.5) is 4.79 Å². The minimum absolute atomic E-state index is 0.0875. The SMILES string of the molecule is CC/N=C\c1c[nH]c2cc(C#C[C@]3(CN4Cc5ccc(OC)cc5C4=O)NC(=O)NC3=O)ccc12. The number of nitrogens with zero attached hydrogens (tertiary/aromatic N) is 2. The molecule has 2 aliphatic heterocycles. The highest BCUT2D eigenvalue weighted by Gasteiger charge is 2.48. The first-order chi connectivity index (χ1) is 16.9. The molecular weight excluding hydrogens is 446 g/mol. The average molecular weight is 470 g/mol. The standard InChI is InChI=1S/C26H23N5O4/c1-3-27-12-18-13-28-22-10-16(4-7-20(18)22)8-9-26(24(33)29-25(34)30-26)15-31-14-17-5-6-19(35-2)11-21(17)23(31)32/h4-7,10-13,28H,3,14-15H2,1-2H3,(H2,29,30,33,34)/b27-12-/t26-/m1/s1. The van der Waals surface area contributed by atoms with E-state index in [-0.39, 0.29) is 12.5 Å². The number of urea groups is 1. The fourth-order valence-corrected chi connectivity index (χ4v) is 4.31. The summed E-state index contributed by atoms with van der Waals surface area (Å²) in [5.41, 5.74) is 2.28. The summed E-state index contributed by atoms with van der Waals surface area (Å²) in [5, 5.41) is 5.89. The number of imide groups is 1. The Hall–Kier alpha value is -4.58. The number of carbonyl (C=O) groups excluding carboxylic acids is 3. The van der Waals surface area contributed by atoms with Crippen LogP contribution in [0.3, 0.4) is 0 Å². The maximum atomic E-state index is 13.0. The number of H-pyrrole nitrogens is 1. The van der Waals surface area contributed by atoms with E-state index in [1.54, 1.807) is 12.1 Å². The number of aromatic nitrogens is 1. The van der Waals surface area contributed by atoms with Crippen LogP contribution >= 0.6 is 0 Å². The molecule has 2 aliphatic rings. The van der Waals surface area contributed by atoms with Gasteiger partial charge in [-0.15, -0.1) is 0 Å². The number of aliphatic imine (C=N–C) groups is 1. The molecule has 3 N–H and O–H groups in total. The van der Waals surface area contributed by atoms with Crippen molar-refractivity contribution >= 4 is 35.0 Å².